The van der Waals surface area contributed by atoms with Gasteiger partial charge in [-0.1, -0.05) is 11.6 Å². The average molecular weight is 258 g/mol. The van der Waals surface area contributed by atoms with Crippen LogP contribution in [-0.2, 0) is 0 Å². The molecule has 0 aliphatic carbocycles. The highest BCUT2D eigenvalue weighted by Crippen LogP contribution is 2.31. The quantitative estimate of drug-likeness (QED) is 0.697. The van der Waals surface area contributed by atoms with E-state index in [1.807, 2.05) is 0 Å². The van der Waals surface area contributed by atoms with Gasteiger partial charge in [0.05, 0.1) is 22.4 Å². The molecule has 0 fully saturated rings. The Morgan fingerprint density at radius 2 is 2.18 bits per heavy atom. The second kappa shape index (κ2) is 5.25. The van der Waals surface area contributed by atoms with Crippen molar-refractivity contribution in [3.8, 4) is 0 Å². The number of halogens is 1. The molecule has 0 saturated heterocycles. The van der Waals surface area contributed by atoms with Crippen molar-refractivity contribution in [1.29, 1.82) is 0 Å². The van der Waals surface area contributed by atoms with Crippen molar-refractivity contribution in [2.75, 3.05) is 24.2 Å². The second-order valence-corrected chi connectivity index (χ2v) is 4.40. The van der Waals surface area contributed by atoms with Crippen LogP contribution in [0.1, 0.15) is 17.3 Å². The number of nitrogens with two attached hydrogens (primary N) is 2. The van der Waals surface area contributed by atoms with Gasteiger partial charge in [-0.05, 0) is 19.1 Å². The first-order chi connectivity index (χ1) is 7.82. The summed E-state index contributed by atoms with van der Waals surface area (Å²) in [5, 5.41) is 9.67. The lowest BCUT2D eigenvalue weighted by molar-refractivity contribution is 0.100. The second-order valence-electron chi connectivity index (χ2n) is 3.99. The van der Waals surface area contributed by atoms with Crippen LogP contribution >= 0.6 is 11.6 Å². The third-order valence-electron chi connectivity index (χ3n) is 2.27. The molecule has 1 aromatic carbocycles. The topological polar surface area (TPSA) is 92.6 Å². The van der Waals surface area contributed by atoms with Gasteiger partial charge in [-0.3, -0.25) is 4.79 Å². The number of amides is 1. The van der Waals surface area contributed by atoms with Gasteiger partial charge in [-0.2, -0.15) is 0 Å². The molecular formula is C11H16ClN3O2. The van der Waals surface area contributed by atoms with E-state index in [2.05, 4.69) is 0 Å². The van der Waals surface area contributed by atoms with E-state index in [0.717, 1.165) is 0 Å². The van der Waals surface area contributed by atoms with E-state index in [1.165, 1.54) is 6.07 Å². The zero-order valence-electron chi connectivity index (χ0n) is 9.77. The van der Waals surface area contributed by atoms with Crippen molar-refractivity contribution in [2.24, 2.45) is 5.73 Å². The first kappa shape index (κ1) is 13.6. The number of anilines is 2. The van der Waals surface area contributed by atoms with E-state index in [9.17, 15) is 9.90 Å². The van der Waals surface area contributed by atoms with Crippen LogP contribution in [-0.4, -0.2) is 30.7 Å². The molecule has 0 bridgehead atoms. The van der Waals surface area contributed by atoms with Crippen LogP contribution in [0.4, 0.5) is 11.4 Å². The lowest BCUT2D eigenvalue weighted by atomic mass is 10.1. The molecule has 6 heteroatoms. The number of aliphatic hydroxyl groups excluding tert-OH is 1. The summed E-state index contributed by atoms with van der Waals surface area (Å²) in [5.41, 5.74) is 12.0. The van der Waals surface area contributed by atoms with Crippen LogP contribution in [0.5, 0.6) is 0 Å². The number of nitrogens with zero attached hydrogens (tertiary/aromatic N) is 1. The van der Waals surface area contributed by atoms with E-state index in [-0.39, 0.29) is 5.56 Å². The molecule has 17 heavy (non-hydrogen) atoms. The smallest absolute Gasteiger partial charge is 0.250 e. The standard InChI is InChI=1S/C11H16ClN3O2/c1-6(16)5-15(2)10-8(11(14)17)3-7(13)4-9(10)12/h3-4,6,16H,5,13H2,1-2H3,(H2,14,17). The number of benzene rings is 1. The number of primary amides is 1. The van der Waals surface area contributed by atoms with Crippen LogP contribution in [0, 0.1) is 0 Å². The third-order valence-corrected chi connectivity index (χ3v) is 2.56. The van der Waals surface area contributed by atoms with Crippen molar-refractivity contribution in [3.63, 3.8) is 0 Å². The maximum absolute atomic E-state index is 11.3. The van der Waals surface area contributed by atoms with Gasteiger partial charge in [0, 0.05) is 19.3 Å². The van der Waals surface area contributed by atoms with Gasteiger partial charge in [-0.25, -0.2) is 0 Å². The van der Waals surface area contributed by atoms with Gasteiger partial charge in [0.15, 0.2) is 0 Å². The van der Waals surface area contributed by atoms with Crippen molar-refractivity contribution in [3.05, 3.63) is 22.7 Å². The molecular weight excluding hydrogens is 242 g/mol. The summed E-state index contributed by atoms with van der Waals surface area (Å²) in [4.78, 5) is 13.0. The fourth-order valence-corrected chi connectivity index (χ4v) is 2.06. The third kappa shape index (κ3) is 3.25. The highest BCUT2D eigenvalue weighted by atomic mass is 35.5. The Morgan fingerprint density at radius 1 is 1.59 bits per heavy atom. The number of hydrogen-bond donors (Lipinski definition) is 3. The SMILES string of the molecule is CC(O)CN(C)c1c(Cl)cc(N)cc1C(N)=O. The highest BCUT2D eigenvalue weighted by molar-refractivity contribution is 6.34. The molecule has 1 unspecified atom stereocenters. The Bertz CT molecular complexity index is 435. The summed E-state index contributed by atoms with van der Waals surface area (Å²) >= 11 is 6.05. The van der Waals surface area contributed by atoms with E-state index >= 15 is 0 Å². The number of hydrogen-bond acceptors (Lipinski definition) is 4. The molecule has 1 amide bonds. The lowest BCUT2D eigenvalue weighted by Gasteiger charge is -2.24. The number of aliphatic hydroxyl groups is 1. The van der Waals surface area contributed by atoms with Crippen LogP contribution in [0.15, 0.2) is 12.1 Å². The van der Waals surface area contributed by atoms with Crippen LogP contribution in [0.25, 0.3) is 0 Å². The molecule has 5 nitrogen and oxygen atoms in total. The van der Waals surface area contributed by atoms with Gasteiger partial charge in [-0.15, -0.1) is 0 Å². The van der Waals surface area contributed by atoms with E-state index in [4.69, 9.17) is 23.1 Å². The van der Waals surface area contributed by atoms with E-state index < -0.39 is 12.0 Å². The largest absolute Gasteiger partial charge is 0.399 e. The first-order valence-corrected chi connectivity index (χ1v) is 5.48. The fourth-order valence-electron chi connectivity index (χ4n) is 1.68. The summed E-state index contributed by atoms with van der Waals surface area (Å²) in [5.74, 6) is -0.605. The minimum Gasteiger partial charge on any atom is -0.399 e. The lowest BCUT2D eigenvalue weighted by Crippen LogP contribution is -2.29. The molecule has 0 radical (unpaired) electrons. The maximum atomic E-state index is 11.3. The molecule has 0 saturated carbocycles. The van der Waals surface area contributed by atoms with Crippen molar-refractivity contribution < 1.29 is 9.90 Å². The highest BCUT2D eigenvalue weighted by Gasteiger charge is 2.17. The van der Waals surface area contributed by atoms with Gasteiger partial charge < -0.3 is 21.5 Å². The molecule has 0 aliphatic rings. The Morgan fingerprint density at radius 3 is 2.65 bits per heavy atom. The maximum Gasteiger partial charge on any atom is 0.250 e. The van der Waals surface area contributed by atoms with Gasteiger partial charge in [0.25, 0.3) is 5.91 Å². The van der Waals surface area contributed by atoms with Crippen molar-refractivity contribution in [1.82, 2.24) is 0 Å². The summed E-state index contributed by atoms with van der Waals surface area (Å²) in [6.45, 7) is 1.98. The summed E-state index contributed by atoms with van der Waals surface area (Å²) in [6.07, 6.45) is -0.547. The number of carbonyl (C=O) groups excluding carboxylic acids is 1. The molecule has 94 valence electrons. The minimum atomic E-state index is -0.605. The van der Waals surface area contributed by atoms with Crippen LogP contribution in [0.3, 0.4) is 0 Å². The molecule has 5 N–H and O–H groups in total. The van der Waals surface area contributed by atoms with E-state index in [1.54, 1.807) is 24.9 Å². The van der Waals surface area contributed by atoms with Gasteiger partial charge >= 0.3 is 0 Å². The molecule has 0 aromatic heterocycles. The van der Waals surface area contributed by atoms with Crippen LogP contribution in [0.2, 0.25) is 5.02 Å². The molecule has 0 aliphatic heterocycles. The summed E-state index contributed by atoms with van der Waals surface area (Å²) < 4.78 is 0. The minimum absolute atomic E-state index is 0.248. The van der Waals surface area contributed by atoms with Crippen LogP contribution < -0.4 is 16.4 Å². The number of nitrogen functional groups attached to an aromatic ring is 1. The molecule has 1 atom stereocenters. The zero-order chi connectivity index (χ0) is 13.2. The molecule has 1 rings (SSSR count). The Hall–Kier alpha value is -1.46. The van der Waals surface area contributed by atoms with Crippen molar-refractivity contribution >= 4 is 28.9 Å². The van der Waals surface area contributed by atoms with Gasteiger partial charge in [0.2, 0.25) is 0 Å². The first-order valence-electron chi connectivity index (χ1n) is 5.11. The van der Waals surface area contributed by atoms with E-state index in [0.29, 0.717) is 22.9 Å². The number of likely N-dealkylation sites (N-methyl/N-ethyl adjacent to an activating group) is 1. The summed E-state index contributed by atoms with van der Waals surface area (Å²) in [7, 11) is 1.72. The monoisotopic (exact) mass is 257 g/mol. The Balaban J connectivity index is 3.25. The summed E-state index contributed by atoms with van der Waals surface area (Å²) in [6, 6.07) is 3.02. The predicted molar refractivity (Wildman–Crippen MR) is 69.3 cm³/mol. The number of rotatable bonds is 4. The molecule has 0 heterocycles. The molecule has 0 spiro atoms. The number of carbonyl (C=O) groups is 1. The molecule has 1 aromatic rings. The predicted octanol–water partition coefficient (Wildman–Crippen LogP) is 0.838. The average Bonchev–Trinajstić information content (AvgIpc) is 2.14. The normalized spacial score (nSPS) is 12.2. The Labute approximate surface area is 105 Å². The van der Waals surface area contributed by atoms with Crippen molar-refractivity contribution in [2.45, 2.75) is 13.0 Å². The zero-order valence-corrected chi connectivity index (χ0v) is 10.5. The Kier molecular flexibility index (Phi) is 4.20. The fraction of sp³-hybridized carbons (Fsp3) is 0.364. The van der Waals surface area contributed by atoms with Gasteiger partial charge in [0.1, 0.15) is 0 Å².